The van der Waals surface area contributed by atoms with E-state index in [0.29, 0.717) is 30.7 Å². The minimum atomic E-state index is -0.179. The summed E-state index contributed by atoms with van der Waals surface area (Å²) in [4.78, 5) is 15.8. The van der Waals surface area contributed by atoms with Crippen LogP contribution in [0.4, 0.5) is 0 Å². The third-order valence-corrected chi connectivity index (χ3v) is 4.85. The van der Waals surface area contributed by atoms with E-state index in [2.05, 4.69) is 35.0 Å². The predicted octanol–water partition coefficient (Wildman–Crippen LogP) is 1.80. The zero-order chi connectivity index (χ0) is 16.1. The monoisotopic (exact) mass is 305 g/mol. The van der Waals surface area contributed by atoms with E-state index in [1.54, 1.807) is 0 Å². The second kappa shape index (κ2) is 7.70. The minimum Gasteiger partial charge on any atom is -0.469 e. The molecule has 2 rings (SSSR count). The lowest BCUT2D eigenvalue weighted by Crippen LogP contribution is -2.23. The molecular formula is C17H27N3O2. The van der Waals surface area contributed by atoms with Crippen molar-refractivity contribution in [1.82, 2.24) is 5.32 Å². The van der Waals surface area contributed by atoms with Gasteiger partial charge < -0.3 is 15.8 Å². The molecule has 0 aromatic rings. The van der Waals surface area contributed by atoms with Crippen molar-refractivity contribution in [1.29, 1.82) is 0 Å². The molecule has 2 aliphatic rings. The van der Waals surface area contributed by atoms with Crippen LogP contribution in [-0.4, -0.2) is 38.4 Å². The summed E-state index contributed by atoms with van der Waals surface area (Å²) in [6, 6.07) is 0.346. The summed E-state index contributed by atoms with van der Waals surface area (Å²) in [7, 11) is 1.42. The SMILES string of the molecule is COC(=O)CCC1=C(C)C(=CC2NCC(CCN)C2C)N=C1. The van der Waals surface area contributed by atoms with Gasteiger partial charge in [-0.25, -0.2) is 0 Å². The molecule has 3 unspecified atom stereocenters. The Labute approximate surface area is 132 Å². The average molecular weight is 305 g/mol. The molecular weight excluding hydrogens is 278 g/mol. The molecule has 122 valence electrons. The fourth-order valence-electron chi connectivity index (χ4n) is 3.18. The van der Waals surface area contributed by atoms with Crippen LogP contribution < -0.4 is 11.1 Å². The molecule has 0 spiro atoms. The van der Waals surface area contributed by atoms with E-state index < -0.39 is 0 Å². The molecule has 0 bridgehead atoms. The second-order valence-electron chi connectivity index (χ2n) is 6.17. The molecule has 0 amide bonds. The standard InChI is InChI=1S/C17H27N3O2/c1-11-13(4-5-17(21)22-3)9-19-15(11)8-16-12(2)14(6-7-18)10-20-16/h8-9,12,14,16,20H,4-7,10,18H2,1-3H3. The van der Waals surface area contributed by atoms with Crippen molar-refractivity contribution in [2.45, 2.75) is 39.2 Å². The number of nitrogens with zero attached hydrogens (tertiary/aromatic N) is 1. The topological polar surface area (TPSA) is 76.7 Å². The van der Waals surface area contributed by atoms with Gasteiger partial charge in [-0.1, -0.05) is 6.92 Å². The van der Waals surface area contributed by atoms with Crippen LogP contribution in [0.15, 0.2) is 27.9 Å². The number of carbonyl (C=O) groups excluding carboxylic acids is 1. The lowest BCUT2D eigenvalue weighted by molar-refractivity contribution is -0.140. The highest BCUT2D eigenvalue weighted by Crippen LogP contribution is 2.30. The Kier molecular flexibility index (Phi) is 5.91. The van der Waals surface area contributed by atoms with E-state index in [1.807, 2.05) is 6.21 Å². The number of allylic oxidation sites excluding steroid dienone is 2. The van der Waals surface area contributed by atoms with Crippen molar-refractivity contribution in [3.05, 3.63) is 22.9 Å². The molecule has 3 atom stereocenters. The Balaban J connectivity index is 2.00. The molecule has 2 aliphatic heterocycles. The molecule has 0 radical (unpaired) electrons. The van der Waals surface area contributed by atoms with Gasteiger partial charge in [-0.2, -0.15) is 0 Å². The van der Waals surface area contributed by atoms with Gasteiger partial charge >= 0.3 is 5.97 Å². The van der Waals surface area contributed by atoms with Crippen molar-refractivity contribution in [2.75, 3.05) is 20.2 Å². The van der Waals surface area contributed by atoms with Gasteiger partial charge in [-0.05, 0) is 61.9 Å². The van der Waals surface area contributed by atoms with Crippen LogP contribution in [0.1, 0.15) is 33.1 Å². The lowest BCUT2D eigenvalue weighted by atomic mass is 9.89. The number of aliphatic imine (C=N–C) groups is 1. The van der Waals surface area contributed by atoms with Crippen molar-refractivity contribution in [2.24, 2.45) is 22.6 Å². The van der Waals surface area contributed by atoms with Gasteiger partial charge in [0.15, 0.2) is 0 Å². The van der Waals surface area contributed by atoms with Gasteiger partial charge in [0.25, 0.3) is 0 Å². The molecule has 2 heterocycles. The first-order chi connectivity index (χ1) is 10.6. The van der Waals surface area contributed by atoms with Crippen LogP contribution in [0.3, 0.4) is 0 Å². The van der Waals surface area contributed by atoms with Crippen LogP contribution in [-0.2, 0) is 9.53 Å². The smallest absolute Gasteiger partial charge is 0.305 e. The third-order valence-electron chi connectivity index (χ3n) is 4.85. The Morgan fingerprint density at radius 1 is 1.59 bits per heavy atom. The molecule has 5 heteroatoms. The summed E-state index contributed by atoms with van der Waals surface area (Å²) >= 11 is 0. The highest BCUT2D eigenvalue weighted by atomic mass is 16.5. The minimum absolute atomic E-state index is 0.179. The van der Waals surface area contributed by atoms with Crippen LogP contribution in [0.25, 0.3) is 0 Å². The van der Waals surface area contributed by atoms with E-state index >= 15 is 0 Å². The Morgan fingerprint density at radius 3 is 3.05 bits per heavy atom. The first-order valence-electron chi connectivity index (χ1n) is 8.03. The molecule has 22 heavy (non-hydrogen) atoms. The molecule has 3 N–H and O–H groups in total. The molecule has 0 aromatic heterocycles. The number of nitrogens with one attached hydrogen (secondary N) is 1. The van der Waals surface area contributed by atoms with E-state index in [0.717, 1.165) is 30.8 Å². The van der Waals surface area contributed by atoms with Crippen molar-refractivity contribution in [3.63, 3.8) is 0 Å². The first kappa shape index (κ1) is 16.9. The van der Waals surface area contributed by atoms with Gasteiger partial charge in [-0.3, -0.25) is 9.79 Å². The summed E-state index contributed by atoms with van der Waals surface area (Å²) in [5.74, 6) is 1.03. The average Bonchev–Trinajstić information content (AvgIpc) is 3.03. The molecule has 5 nitrogen and oxygen atoms in total. The molecule has 0 saturated carbocycles. The van der Waals surface area contributed by atoms with E-state index in [1.165, 1.54) is 12.7 Å². The number of ether oxygens (including phenoxy) is 1. The molecule has 1 saturated heterocycles. The van der Waals surface area contributed by atoms with Gasteiger partial charge in [0, 0.05) is 18.7 Å². The van der Waals surface area contributed by atoms with Crippen LogP contribution in [0, 0.1) is 11.8 Å². The summed E-state index contributed by atoms with van der Waals surface area (Å²) < 4.78 is 4.69. The highest BCUT2D eigenvalue weighted by Gasteiger charge is 2.31. The summed E-state index contributed by atoms with van der Waals surface area (Å²) in [5, 5.41) is 3.56. The number of rotatable bonds is 6. The highest BCUT2D eigenvalue weighted by molar-refractivity contribution is 5.87. The first-order valence-corrected chi connectivity index (χ1v) is 8.03. The summed E-state index contributed by atoms with van der Waals surface area (Å²) in [5.41, 5.74) is 9.00. The molecule has 1 fully saturated rings. The van der Waals surface area contributed by atoms with Crippen LogP contribution in [0.2, 0.25) is 0 Å². The van der Waals surface area contributed by atoms with Gasteiger partial charge in [0.2, 0.25) is 0 Å². The lowest BCUT2D eigenvalue weighted by Gasteiger charge is -2.17. The zero-order valence-electron chi connectivity index (χ0n) is 13.8. The fourth-order valence-corrected chi connectivity index (χ4v) is 3.18. The number of esters is 1. The number of carbonyl (C=O) groups is 1. The number of methoxy groups -OCH3 is 1. The van der Waals surface area contributed by atoms with Crippen LogP contribution in [0.5, 0.6) is 0 Å². The summed E-state index contributed by atoms with van der Waals surface area (Å²) in [6.07, 6.45) is 6.25. The number of hydrogen-bond donors (Lipinski definition) is 2. The Hall–Kier alpha value is -1.46. The fraction of sp³-hybridized carbons (Fsp3) is 0.647. The van der Waals surface area contributed by atoms with Gasteiger partial charge in [0.1, 0.15) is 0 Å². The Morgan fingerprint density at radius 2 is 2.36 bits per heavy atom. The molecule has 0 aromatic carbocycles. The third kappa shape index (κ3) is 3.84. The van der Waals surface area contributed by atoms with Crippen LogP contribution >= 0.6 is 0 Å². The normalized spacial score (nSPS) is 29.6. The Bertz CT molecular complexity index is 508. The van der Waals surface area contributed by atoms with E-state index in [-0.39, 0.29) is 5.97 Å². The van der Waals surface area contributed by atoms with E-state index in [9.17, 15) is 4.79 Å². The van der Waals surface area contributed by atoms with Crippen molar-refractivity contribution >= 4 is 12.2 Å². The zero-order valence-corrected chi connectivity index (χ0v) is 13.8. The van der Waals surface area contributed by atoms with Crippen molar-refractivity contribution in [3.8, 4) is 0 Å². The quantitative estimate of drug-likeness (QED) is 0.734. The van der Waals surface area contributed by atoms with Crippen molar-refractivity contribution < 1.29 is 9.53 Å². The van der Waals surface area contributed by atoms with Gasteiger partial charge in [-0.15, -0.1) is 0 Å². The largest absolute Gasteiger partial charge is 0.469 e. The van der Waals surface area contributed by atoms with E-state index in [4.69, 9.17) is 5.73 Å². The number of nitrogens with two attached hydrogens (primary N) is 1. The molecule has 0 aliphatic carbocycles. The maximum atomic E-state index is 11.3. The predicted molar refractivity (Wildman–Crippen MR) is 88.6 cm³/mol. The summed E-state index contributed by atoms with van der Waals surface area (Å²) in [6.45, 7) is 6.11. The van der Waals surface area contributed by atoms with Gasteiger partial charge in [0.05, 0.1) is 12.8 Å². The maximum absolute atomic E-state index is 11.3. The number of hydrogen-bond acceptors (Lipinski definition) is 5. The maximum Gasteiger partial charge on any atom is 0.305 e. The second-order valence-corrected chi connectivity index (χ2v) is 6.17.